The maximum absolute atomic E-state index is 4.11. The van der Waals surface area contributed by atoms with Gasteiger partial charge in [0, 0.05) is 24.5 Å². The third kappa shape index (κ3) is 2.53. The zero-order valence-electron chi connectivity index (χ0n) is 8.53. The number of aryl methyl sites for hydroxylation is 1. The minimum atomic E-state index is 0.605. The van der Waals surface area contributed by atoms with Crippen molar-refractivity contribution in [1.82, 2.24) is 15.8 Å². The van der Waals surface area contributed by atoms with Crippen molar-refractivity contribution < 1.29 is 0 Å². The van der Waals surface area contributed by atoms with E-state index in [-0.39, 0.29) is 0 Å². The lowest BCUT2D eigenvalue weighted by Gasteiger charge is -2.08. The summed E-state index contributed by atoms with van der Waals surface area (Å²) in [5.41, 5.74) is 7.87. The van der Waals surface area contributed by atoms with Crippen molar-refractivity contribution >= 4 is 0 Å². The molecule has 1 aliphatic rings. The van der Waals surface area contributed by atoms with Crippen LogP contribution in [0.3, 0.4) is 0 Å². The van der Waals surface area contributed by atoms with Crippen LogP contribution in [0.2, 0.25) is 0 Å². The van der Waals surface area contributed by atoms with Crippen molar-refractivity contribution in [3.63, 3.8) is 0 Å². The standard InChI is InChI=1S/C11H17N3/c1-9-7-11(14-13-9)5-4-10-3-2-6-12-8-10/h2-3,6,8-9,11,13-14H,4-5,7H2,1H3. The van der Waals surface area contributed by atoms with Crippen molar-refractivity contribution in [2.75, 3.05) is 0 Å². The molecule has 1 fully saturated rings. The highest BCUT2D eigenvalue weighted by Gasteiger charge is 2.19. The highest BCUT2D eigenvalue weighted by Crippen LogP contribution is 2.11. The predicted octanol–water partition coefficient (Wildman–Crippen LogP) is 1.27. The first kappa shape index (κ1) is 9.62. The lowest BCUT2D eigenvalue weighted by atomic mass is 10.0. The van der Waals surface area contributed by atoms with Gasteiger partial charge >= 0.3 is 0 Å². The van der Waals surface area contributed by atoms with Gasteiger partial charge in [-0.25, -0.2) is 0 Å². The molecule has 2 N–H and O–H groups in total. The zero-order valence-corrected chi connectivity index (χ0v) is 8.53. The van der Waals surface area contributed by atoms with Gasteiger partial charge in [0.25, 0.3) is 0 Å². The van der Waals surface area contributed by atoms with Crippen LogP contribution in [0, 0.1) is 0 Å². The molecule has 0 aliphatic carbocycles. The van der Waals surface area contributed by atoms with Gasteiger partial charge in [-0.2, -0.15) is 0 Å². The van der Waals surface area contributed by atoms with Crippen LogP contribution >= 0.6 is 0 Å². The highest BCUT2D eigenvalue weighted by atomic mass is 15.4. The summed E-state index contributed by atoms with van der Waals surface area (Å²) in [6.45, 7) is 2.21. The van der Waals surface area contributed by atoms with Crippen LogP contribution < -0.4 is 10.9 Å². The average Bonchev–Trinajstić information content (AvgIpc) is 2.63. The molecule has 0 spiro atoms. The quantitative estimate of drug-likeness (QED) is 0.755. The second-order valence-electron chi connectivity index (χ2n) is 4.02. The van der Waals surface area contributed by atoms with E-state index in [2.05, 4.69) is 28.8 Å². The van der Waals surface area contributed by atoms with Gasteiger partial charge in [-0.05, 0) is 37.8 Å². The topological polar surface area (TPSA) is 37.0 Å². The van der Waals surface area contributed by atoms with Crippen molar-refractivity contribution in [2.24, 2.45) is 0 Å². The van der Waals surface area contributed by atoms with Crippen LogP contribution in [0.25, 0.3) is 0 Å². The number of hydrogen-bond acceptors (Lipinski definition) is 3. The Morgan fingerprint density at radius 2 is 2.43 bits per heavy atom. The Bertz CT molecular complexity index is 273. The third-order valence-corrected chi connectivity index (χ3v) is 2.68. The van der Waals surface area contributed by atoms with Crippen molar-refractivity contribution in [3.05, 3.63) is 30.1 Å². The molecule has 76 valence electrons. The number of pyridine rings is 1. The summed E-state index contributed by atoms with van der Waals surface area (Å²) in [7, 11) is 0. The van der Waals surface area contributed by atoms with E-state index in [9.17, 15) is 0 Å². The number of aromatic nitrogens is 1. The number of nitrogens with one attached hydrogen (secondary N) is 2. The van der Waals surface area contributed by atoms with Gasteiger partial charge in [0.05, 0.1) is 0 Å². The number of hydrogen-bond donors (Lipinski definition) is 2. The minimum absolute atomic E-state index is 0.605. The summed E-state index contributed by atoms with van der Waals surface area (Å²) in [6.07, 6.45) is 7.29. The molecular weight excluding hydrogens is 174 g/mol. The van der Waals surface area contributed by atoms with Crippen LogP contribution in [-0.4, -0.2) is 17.1 Å². The number of rotatable bonds is 3. The number of hydrazine groups is 1. The molecule has 3 heteroatoms. The Hall–Kier alpha value is -0.930. The van der Waals surface area contributed by atoms with Gasteiger partial charge < -0.3 is 0 Å². The van der Waals surface area contributed by atoms with Crippen molar-refractivity contribution in [1.29, 1.82) is 0 Å². The van der Waals surface area contributed by atoms with E-state index >= 15 is 0 Å². The van der Waals surface area contributed by atoms with E-state index in [0.29, 0.717) is 12.1 Å². The first-order valence-electron chi connectivity index (χ1n) is 5.24. The lowest BCUT2D eigenvalue weighted by Crippen LogP contribution is -2.32. The molecule has 0 bridgehead atoms. The van der Waals surface area contributed by atoms with Gasteiger partial charge in [-0.1, -0.05) is 6.07 Å². The second kappa shape index (κ2) is 4.53. The maximum atomic E-state index is 4.11. The molecule has 0 radical (unpaired) electrons. The van der Waals surface area contributed by atoms with Gasteiger partial charge in [-0.3, -0.25) is 15.8 Å². The molecule has 1 saturated heterocycles. The van der Waals surface area contributed by atoms with Crippen LogP contribution in [0.15, 0.2) is 24.5 Å². The fourth-order valence-corrected chi connectivity index (χ4v) is 1.88. The molecule has 2 unspecified atom stereocenters. The Balaban J connectivity index is 1.78. The summed E-state index contributed by atoms with van der Waals surface area (Å²) >= 11 is 0. The van der Waals surface area contributed by atoms with E-state index in [1.54, 1.807) is 0 Å². The lowest BCUT2D eigenvalue weighted by molar-refractivity contribution is 0.517. The van der Waals surface area contributed by atoms with Crippen LogP contribution in [0.4, 0.5) is 0 Å². The molecule has 1 aromatic rings. The highest BCUT2D eigenvalue weighted by molar-refractivity contribution is 5.08. The fraction of sp³-hybridized carbons (Fsp3) is 0.545. The zero-order chi connectivity index (χ0) is 9.80. The first-order chi connectivity index (χ1) is 6.84. The second-order valence-corrected chi connectivity index (χ2v) is 4.02. The van der Waals surface area contributed by atoms with Crippen molar-refractivity contribution in [2.45, 2.75) is 38.3 Å². The van der Waals surface area contributed by atoms with Crippen LogP contribution in [-0.2, 0) is 6.42 Å². The molecule has 0 saturated carbocycles. The van der Waals surface area contributed by atoms with E-state index in [1.165, 1.54) is 18.4 Å². The molecule has 0 aromatic carbocycles. The van der Waals surface area contributed by atoms with E-state index in [4.69, 9.17) is 0 Å². The Labute approximate surface area is 84.9 Å². The Kier molecular flexibility index (Phi) is 3.11. The molecule has 0 amide bonds. The Morgan fingerprint density at radius 1 is 1.50 bits per heavy atom. The minimum Gasteiger partial charge on any atom is -0.264 e. The van der Waals surface area contributed by atoms with E-state index < -0.39 is 0 Å². The summed E-state index contributed by atoms with van der Waals surface area (Å²) < 4.78 is 0. The van der Waals surface area contributed by atoms with Gasteiger partial charge in [-0.15, -0.1) is 0 Å². The summed E-state index contributed by atoms with van der Waals surface area (Å²) in [5.74, 6) is 0. The molecule has 2 rings (SSSR count). The summed E-state index contributed by atoms with van der Waals surface area (Å²) in [5, 5.41) is 0. The predicted molar refractivity (Wildman–Crippen MR) is 56.7 cm³/mol. The SMILES string of the molecule is CC1CC(CCc2cccnc2)NN1. The maximum Gasteiger partial charge on any atom is 0.0299 e. The normalized spacial score (nSPS) is 26.6. The number of nitrogens with zero attached hydrogens (tertiary/aromatic N) is 1. The largest absolute Gasteiger partial charge is 0.264 e. The molecular formula is C11H17N3. The van der Waals surface area contributed by atoms with E-state index in [0.717, 1.165) is 6.42 Å². The third-order valence-electron chi connectivity index (χ3n) is 2.68. The van der Waals surface area contributed by atoms with E-state index in [1.807, 2.05) is 18.5 Å². The van der Waals surface area contributed by atoms with Gasteiger partial charge in [0.2, 0.25) is 0 Å². The van der Waals surface area contributed by atoms with Crippen LogP contribution in [0.5, 0.6) is 0 Å². The van der Waals surface area contributed by atoms with Crippen molar-refractivity contribution in [3.8, 4) is 0 Å². The van der Waals surface area contributed by atoms with Gasteiger partial charge in [0.15, 0.2) is 0 Å². The van der Waals surface area contributed by atoms with Crippen LogP contribution in [0.1, 0.15) is 25.3 Å². The first-order valence-corrected chi connectivity index (χ1v) is 5.24. The molecule has 14 heavy (non-hydrogen) atoms. The summed E-state index contributed by atoms with van der Waals surface area (Å²) in [4.78, 5) is 4.11. The molecule has 2 atom stereocenters. The fourth-order valence-electron chi connectivity index (χ4n) is 1.88. The van der Waals surface area contributed by atoms with Gasteiger partial charge in [0.1, 0.15) is 0 Å². The average molecular weight is 191 g/mol. The monoisotopic (exact) mass is 191 g/mol. The molecule has 2 heterocycles. The summed E-state index contributed by atoms with van der Waals surface area (Å²) in [6, 6.07) is 5.36. The Morgan fingerprint density at radius 3 is 3.07 bits per heavy atom. The molecule has 1 aromatic heterocycles. The molecule has 3 nitrogen and oxygen atoms in total. The smallest absolute Gasteiger partial charge is 0.0299 e. The molecule has 1 aliphatic heterocycles.